The minimum atomic E-state index is -3.59. The molecule has 9 heteroatoms. The molecule has 166 valence electrons. The highest BCUT2D eigenvalue weighted by Gasteiger charge is 2.19. The molecule has 0 fully saturated rings. The highest BCUT2D eigenvalue weighted by atomic mass is 35.5. The third-order valence-electron chi connectivity index (χ3n) is 4.87. The van der Waals surface area contributed by atoms with Crippen LogP contribution in [0.15, 0.2) is 48.7 Å². The fourth-order valence-corrected chi connectivity index (χ4v) is 4.11. The van der Waals surface area contributed by atoms with Crippen LogP contribution in [0.2, 0.25) is 0 Å². The molecule has 3 rings (SSSR count). The second-order valence-corrected chi connectivity index (χ2v) is 9.12. The number of rotatable bonds is 8. The lowest BCUT2D eigenvalue weighted by molar-refractivity contribution is 0.103. The Morgan fingerprint density at radius 3 is 2.39 bits per heavy atom. The summed E-state index contributed by atoms with van der Waals surface area (Å²) in [5.41, 5.74) is 5.30. The number of aliphatic hydroxyl groups is 1. The van der Waals surface area contributed by atoms with Gasteiger partial charge in [-0.1, -0.05) is 29.8 Å². The second kappa shape index (κ2) is 10.1. The molecule has 0 saturated heterocycles. The van der Waals surface area contributed by atoms with Gasteiger partial charge in [-0.25, -0.2) is 8.42 Å². The minimum absolute atomic E-state index is 0. The summed E-state index contributed by atoms with van der Waals surface area (Å²) in [6, 6.07) is 12.9. The van der Waals surface area contributed by atoms with Crippen LogP contribution in [0, 0.1) is 13.8 Å². The number of aryl methyl sites for hydroxylation is 2. The molecule has 2 N–H and O–H groups in total. The number of pyridine rings is 1. The Hall–Kier alpha value is -2.68. The average Bonchev–Trinajstić information content (AvgIpc) is 2.96. The maximum atomic E-state index is 13.0. The van der Waals surface area contributed by atoms with E-state index in [1.165, 1.54) is 6.20 Å². The molecule has 0 radical (unpaired) electrons. The number of sulfonamides is 1. The predicted octanol–water partition coefficient (Wildman–Crippen LogP) is 3.01. The van der Waals surface area contributed by atoms with Crippen LogP contribution in [-0.4, -0.2) is 41.2 Å². The molecule has 0 bridgehead atoms. The van der Waals surface area contributed by atoms with E-state index in [2.05, 4.69) is 9.71 Å². The van der Waals surface area contributed by atoms with E-state index < -0.39 is 16.6 Å². The van der Waals surface area contributed by atoms with Gasteiger partial charge in [-0.15, -0.1) is 12.4 Å². The fraction of sp³-hybridized carbons (Fsp3) is 0.273. The van der Waals surface area contributed by atoms with Crippen LogP contribution >= 0.6 is 12.4 Å². The number of hydrogen-bond acceptors (Lipinski definition) is 5. The molecule has 7 nitrogen and oxygen atoms in total. The van der Waals surface area contributed by atoms with E-state index in [1.807, 2.05) is 55.8 Å². The van der Waals surface area contributed by atoms with Crippen LogP contribution in [0.5, 0.6) is 0 Å². The first-order chi connectivity index (χ1) is 14.2. The second-order valence-electron chi connectivity index (χ2n) is 7.28. The van der Waals surface area contributed by atoms with Crippen molar-refractivity contribution in [2.45, 2.75) is 20.3 Å². The molecule has 0 atom stereocenters. The molecule has 0 spiro atoms. The summed E-state index contributed by atoms with van der Waals surface area (Å²) in [5.74, 6) is -0.391. The third-order valence-corrected chi connectivity index (χ3v) is 6.14. The lowest BCUT2D eigenvalue weighted by Crippen LogP contribution is -2.19. The highest BCUT2D eigenvalue weighted by Crippen LogP contribution is 2.21. The molecular formula is C22H26ClN3O4S. The van der Waals surface area contributed by atoms with E-state index >= 15 is 0 Å². The van der Waals surface area contributed by atoms with E-state index in [4.69, 9.17) is 5.11 Å². The zero-order chi connectivity index (χ0) is 21.9. The van der Waals surface area contributed by atoms with Gasteiger partial charge in [0.2, 0.25) is 15.8 Å². The standard InChI is InChI=1S/C22H25N3O4S.ClH/c1-15-4-6-17(7-5-15)22(27)21-16(2)12-20(25(21)3)13-18-8-9-19(14-23-18)24-30(28,29)11-10-26;/h4-9,12,14,24,26H,10-11,13H2,1-3H3;1H. The first-order valence-electron chi connectivity index (χ1n) is 9.53. The lowest BCUT2D eigenvalue weighted by atomic mass is 10.0. The summed E-state index contributed by atoms with van der Waals surface area (Å²) in [6.07, 6.45) is 1.95. The molecule has 0 unspecified atom stereocenters. The Morgan fingerprint density at radius 2 is 1.81 bits per heavy atom. The first kappa shape index (κ1) is 24.6. The summed E-state index contributed by atoms with van der Waals surface area (Å²) < 4.78 is 27.7. The van der Waals surface area contributed by atoms with Crippen LogP contribution in [0.3, 0.4) is 0 Å². The number of benzene rings is 1. The quantitative estimate of drug-likeness (QED) is 0.500. The number of aliphatic hydroxyl groups excluding tert-OH is 1. The zero-order valence-corrected chi connectivity index (χ0v) is 19.3. The molecule has 3 aromatic rings. The van der Waals surface area contributed by atoms with Gasteiger partial charge in [0.1, 0.15) is 0 Å². The Bertz CT molecular complexity index is 1150. The molecule has 0 aliphatic carbocycles. The Balaban J connectivity index is 0.00000341. The first-order valence-corrected chi connectivity index (χ1v) is 11.2. The molecular weight excluding hydrogens is 438 g/mol. The van der Waals surface area contributed by atoms with Crippen molar-refractivity contribution in [2.75, 3.05) is 17.1 Å². The van der Waals surface area contributed by atoms with E-state index in [-0.39, 0.29) is 23.9 Å². The van der Waals surface area contributed by atoms with E-state index in [1.54, 1.807) is 12.1 Å². The number of nitrogens with one attached hydrogen (secondary N) is 1. The Kier molecular flexibility index (Phi) is 8.00. The molecule has 2 aromatic heterocycles. The van der Waals surface area contributed by atoms with E-state index in [9.17, 15) is 13.2 Å². The normalized spacial score (nSPS) is 11.1. The van der Waals surface area contributed by atoms with Gasteiger partial charge in [0, 0.05) is 30.4 Å². The SMILES string of the molecule is Cc1ccc(C(=O)c2c(C)cc(Cc3ccc(NS(=O)(=O)CCO)cn3)n2C)cc1.Cl. The predicted molar refractivity (Wildman–Crippen MR) is 124 cm³/mol. The summed E-state index contributed by atoms with van der Waals surface area (Å²) >= 11 is 0. The number of ketones is 1. The number of carbonyl (C=O) groups is 1. The van der Waals surface area contributed by atoms with Crippen molar-refractivity contribution >= 4 is 33.9 Å². The summed E-state index contributed by atoms with van der Waals surface area (Å²) in [7, 11) is -1.72. The van der Waals surface area contributed by atoms with E-state index in [0.717, 1.165) is 22.5 Å². The summed E-state index contributed by atoms with van der Waals surface area (Å²) in [4.78, 5) is 17.3. The molecule has 1 aromatic carbocycles. The van der Waals surface area contributed by atoms with Gasteiger partial charge in [-0.3, -0.25) is 14.5 Å². The molecule has 0 saturated carbocycles. The maximum Gasteiger partial charge on any atom is 0.235 e. The Morgan fingerprint density at radius 1 is 1.13 bits per heavy atom. The van der Waals surface area contributed by atoms with Crippen molar-refractivity contribution in [2.24, 2.45) is 7.05 Å². The number of halogens is 1. The molecule has 2 heterocycles. The van der Waals surface area contributed by atoms with Crippen LogP contribution < -0.4 is 4.72 Å². The van der Waals surface area contributed by atoms with E-state index in [0.29, 0.717) is 23.4 Å². The number of hydrogen-bond donors (Lipinski definition) is 2. The number of nitrogens with zero attached hydrogens (tertiary/aromatic N) is 2. The summed E-state index contributed by atoms with van der Waals surface area (Å²) in [5, 5.41) is 8.80. The lowest BCUT2D eigenvalue weighted by Gasteiger charge is -2.09. The summed E-state index contributed by atoms with van der Waals surface area (Å²) in [6.45, 7) is 3.45. The van der Waals surface area contributed by atoms with Crippen molar-refractivity contribution in [3.63, 3.8) is 0 Å². The molecule has 0 amide bonds. The van der Waals surface area contributed by atoms with Crippen LogP contribution in [-0.2, 0) is 23.5 Å². The Labute approximate surface area is 188 Å². The van der Waals surface area contributed by atoms with Crippen molar-refractivity contribution < 1.29 is 18.3 Å². The number of carbonyl (C=O) groups excluding carboxylic acids is 1. The van der Waals surface area contributed by atoms with Gasteiger partial charge in [-0.05, 0) is 37.6 Å². The fourth-order valence-electron chi connectivity index (χ4n) is 3.29. The van der Waals surface area contributed by atoms with Gasteiger partial charge in [0.25, 0.3) is 0 Å². The van der Waals surface area contributed by atoms with Crippen molar-refractivity contribution in [3.8, 4) is 0 Å². The molecule has 0 aliphatic heterocycles. The van der Waals surface area contributed by atoms with Crippen LogP contribution in [0.1, 0.15) is 38.6 Å². The largest absolute Gasteiger partial charge is 0.395 e. The minimum Gasteiger partial charge on any atom is -0.395 e. The van der Waals surface area contributed by atoms with Gasteiger partial charge in [0.15, 0.2) is 0 Å². The van der Waals surface area contributed by atoms with Crippen molar-refractivity contribution in [1.29, 1.82) is 0 Å². The maximum absolute atomic E-state index is 13.0. The van der Waals surface area contributed by atoms with Crippen molar-refractivity contribution in [1.82, 2.24) is 9.55 Å². The van der Waals surface area contributed by atoms with Gasteiger partial charge in [-0.2, -0.15) is 0 Å². The zero-order valence-electron chi connectivity index (χ0n) is 17.6. The average molecular weight is 464 g/mol. The van der Waals surface area contributed by atoms with Crippen LogP contribution in [0.4, 0.5) is 5.69 Å². The van der Waals surface area contributed by atoms with Gasteiger partial charge in [0.05, 0.1) is 29.9 Å². The smallest absolute Gasteiger partial charge is 0.235 e. The molecule has 0 aliphatic rings. The third kappa shape index (κ3) is 5.94. The topological polar surface area (TPSA) is 101 Å². The van der Waals surface area contributed by atoms with Gasteiger partial charge >= 0.3 is 0 Å². The van der Waals surface area contributed by atoms with Gasteiger partial charge < -0.3 is 9.67 Å². The number of aromatic nitrogens is 2. The molecule has 31 heavy (non-hydrogen) atoms. The highest BCUT2D eigenvalue weighted by molar-refractivity contribution is 7.92. The number of anilines is 1. The van der Waals surface area contributed by atoms with Crippen LogP contribution in [0.25, 0.3) is 0 Å². The monoisotopic (exact) mass is 463 g/mol. The van der Waals surface area contributed by atoms with Crippen molar-refractivity contribution in [3.05, 3.63) is 82.4 Å².